The van der Waals surface area contributed by atoms with Crippen molar-refractivity contribution >= 4 is 11.9 Å². The molecule has 4 atom stereocenters. The van der Waals surface area contributed by atoms with E-state index in [9.17, 15) is 9.59 Å². The first kappa shape index (κ1) is 39.8. The summed E-state index contributed by atoms with van der Waals surface area (Å²) in [5.41, 5.74) is 4.39. The Kier molecular flexibility index (Phi) is 15.5. The molecule has 0 aliphatic heterocycles. The number of benzene rings is 6. The van der Waals surface area contributed by atoms with Crippen molar-refractivity contribution < 1.29 is 38.0 Å². The number of carbonyl (C=O) groups is 2. The van der Waals surface area contributed by atoms with Gasteiger partial charge in [-0.05, 0) is 46.5 Å². The summed E-state index contributed by atoms with van der Waals surface area (Å²) in [6.07, 6.45) is -4.08. The summed E-state index contributed by atoms with van der Waals surface area (Å²) >= 11 is 0. The highest BCUT2D eigenvalue weighted by Gasteiger charge is 2.42. The molecule has 0 unspecified atom stereocenters. The summed E-state index contributed by atoms with van der Waals surface area (Å²) in [5, 5.41) is 0. The lowest BCUT2D eigenvalue weighted by molar-refractivity contribution is -0.186. The van der Waals surface area contributed by atoms with E-state index in [1.165, 1.54) is 0 Å². The van der Waals surface area contributed by atoms with Gasteiger partial charge in [0.05, 0.1) is 50.8 Å². The maximum atomic E-state index is 13.8. The highest BCUT2D eigenvalue weighted by molar-refractivity contribution is 5.90. The van der Waals surface area contributed by atoms with Crippen molar-refractivity contribution in [2.75, 3.05) is 13.2 Å². The molecule has 56 heavy (non-hydrogen) atoms. The summed E-state index contributed by atoms with van der Waals surface area (Å²) in [5.74, 6) is -1.13. The van der Waals surface area contributed by atoms with Crippen molar-refractivity contribution in [2.45, 2.75) is 50.8 Å². The van der Waals surface area contributed by atoms with Gasteiger partial charge < -0.3 is 28.4 Å². The normalized spacial score (nSPS) is 13.2. The highest BCUT2D eigenvalue weighted by atomic mass is 16.6. The fourth-order valence-corrected chi connectivity index (χ4v) is 6.05. The molecular weight excluding hydrogens is 705 g/mol. The van der Waals surface area contributed by atoms with Gasteiger partial charge in [0.2, 0.25) is 0 Å². The molecule has 0 saturated carbocycles. The van der Waals surface area contributed by atoms with Crippen LogP contribution in [-0.2, 0) is 54.8 Å². The molecule has 0 saturated heterocycles. The van der Waals surface area contributed by atoms with Crippen molar-refractivity contribution in [3.63, 3.8) is 0 Å². The summed E-state index contributed by atoms with van der Waals surface area (Å²) < 4.78 is 38.8. The molecule has 0 spiro atoms. The second-order valence-corrected chi connectivity index (χ2v) is 13.1. The van der Waals surface area contributed by atoms with Crippen molar-refractivity contribution in [3.05, 3.63) is 215 Å². The zero-order valence-electron chi connectivity index (χ0n) is 31.1. The average Bonchev–Trinajstić information content (AvgIpc) is 3.26. The summed E-state index contributed by atoms with van der Waals surface area (Å²) in [6.45, 7) is 0.685. The van der Waals surface area contributed by atoms with E-state index in [1.807, 2.05) is 133 Å². The van der Waals surface area contributed by atoms with Crippen LogP contribution in [0.1, 0.15) is 43.0 Å². The highest BCUT2D eigenvalue weighted by Crippen LogP contribution is 2.25. The van der Waals surface area contributed by atoms with Crippen LogP contribution in [0.15, 0.2) is 182 Å². The molecule has 0 aromatic heterocycles. The van der Waals surface area contributed by atoms with Gasteiger partial charge in [0.25, 0.3) is 0 Å². The van der Waals surface area contributed by atoms with Crippen LogP contribution < -0.4 is 0 Å². The van der Waals surface area contributed by atoms with Crippen LogP contribution in [0.25, 0.3) is 0 Å². The number of rotatable bonds is 21. The van der Waals surface area contributed by atoms with Gasteiger partial charge in [-0.3, -0.25) is 0 Å². The smallest absolute Gasteiger partial charge is 0.338 e. The molecule has 6 aromatic carbocycles. The Bertz CT molecular complexity index is 1850. The van der Waals surface area contributed by atoms with Crippen LogP contribution in [-0.4, -0.2) is 49.6 Å². The molecule has 0 bridgehead atoms. The third-order valence-electron chi connectivity index (χ3n) is 8.95. The minimum atomic E-state index is -1.03. The van der Waals surface area contributed by atoms with Crippen LogP contribution in [0, 0.1) is 0 Å². The Morgan fingerprint density at radius 2 is 0.625 bits per heavy atom. The second kappa shape index (κ2) is 21.9. The van der Waals surface area contributed by atoms with E-state index in [0.29, 0.717) is 11.1 Å². The number of hydrogen-bond acceptors (Lipinski definition) is 8. The van der Waals surface area contributed by atoms with Gasteiger partial charge in [0.1, 0.15) is 12.2 Å². The monoisotopic (exact) mass is 750 g/mol. The molecule has 8 nitrogen and oxygen atoms in total. The molecule has 0 heterocycles. The van der Waals surface area contributed by atoms with Crippen molar-refractivity contribution in [1.29, 1.82) is 0 Å². The molecule has 0 amide bonds. The number of ether oxygens (including phenoxy) is 6. The lowest BCUT2D eigenvalue weighted by atomic mass is 10.0. The fourth-order valence-electron chi connectivity index (χ4n) is 6.05. The predicted molar refractivity (Wildman–Crippen MR) is 214 cm³/mol. The maximum absolute atomic E-state index is 13.8. The van der Waals surface area contributed by atoms with Gasteiger partial charge in [0, 0.05) is 0 Å². The van der Waals surface area contributed by atoms with Gasteiger partial charge in [-0.25, -0.2) is 9.59 Å². The molecule has 8 heteroatoms. The Morgan fingerprint density at radius 3 is 0.929 bits per heavy atom. The third-order valence-corrected chi connectivity index (χ3v) is 8.95. The van der Waals surface area contributed by atoms with E-state index in [2.05, 4.69) is 0 Å². The van der Waals surface area contributed by atoms with Crippen molar-refractivity contribution in [2.24, 2.45) is 0 Å². The standard InChI is InChI=1S/C48H46O8/c49-47(41-27-15-5-16-28-41)55-43(35-51-31-37-19-7-1-8-20-37)45(53-33-39-23-11-3-12-24-39)46(54-34-40-25-13-4-14-26-40)44(36-52-32-38-21-9-2-10-22-38)56-48(50)42-29-17-6-18-30-42/h1-30,43-46H,31-36H2/t43-,44-,45-,46-/m1/s1. The topological polar surface area (TPSA) is 89.5 Å². The molecule has 0 aliphatic carbocycles. The van der Waals surface area contributed by atoms with E-state index in [0.717, 1.165) is 22.3 Å². The van der Waals surface area contributed by atoms with Crippen molar-refractivity contribution in [3.8, 4) is 0 Å². The first-order valence-electron chi connectivity index (χ1n) is 18.7. The van der Waals surface area contributed by atoms with E-state index >= 15 is 0 Å². The van der Waals surface area contributed by atoms with E-state index in [4.69, 9.17) is 28.4 Å². The molecule has 6 rings (SSSR count). The van der Waals surface area contributed by atoms with Gasteiger partial charge in [-0.1, -0.05) is 158 Å². The zero-order valence-corrected chi connectivity index (χ0v) is 31.1. The molecule has 6 aromatic rings. The van der Waals surface area contributed by atoms with Crippen LogP contribution >= 0.6 is 0 Å². The molecular formula is C48H46O8. The van der Waals surface area contributed by atoms with Crippen molar-refractivity contribution in [1.82, 2.24) is 0 Å². The number of hydrogen-bond donors (Lipinski definition) is 0. The van der Waals surface area contributed by atoms with Gasteiger partial charge >= 0.3 is 11.9 Å². The number of esters is 2. The zero-order chi connectivity index (χ0) is 38.6. The van der Waals surface area contributed by atoms with Crippen LogP contribution in [0.2, 0.25) is 0 Å². The lowest BCUT2D eigenvalue weighted by Gasteiger charge is -2.37. The number of carbonyl (C=O) groups excluding carboxylic acids is 2. The first-order chi connectivity index (χ1) is 27.6. The van der Waals surface area contributed by atoms with E-state index in [-0.39, 0.29) is 39.6 Å². The lowest BCUT2D eigenvalue weighted by Crippen LogP contribution is -2.53. The second-order valence-electron chi connectivity index (χ2n) is 13.1. The van der Waals surface area contributed by atoms with Gasteiger partial charge in [-0.2, -0.15) is 0 Å². The quantitative estimate of drug-likeness (QED) is 0.0674. The SMILES string of the molecule is O=C(O[C@H](COCc1ccccc1)[C@@H](OCc1ccccc1)[C@H](OCc1ccccc1)[C@@H](COCc1ccccc1)OC(=O)c1ccccc1)c1ccccc1. The van der Waals surface area contributed by atoms with Crippen LogP contribution in [0.5, 0.6) is 0 Å². The minimum Gasteiger partial charge on any atom is -0.453 e. The Balaban J connectivity index is 1.39. The summed E-state index contributed by atoms with van der Waals surface area (Å²) in [4.78, 5) is 27.7. The predicted octanol–water partition coefficient (Wildman–Crippen LogP) is 9.04. The molecule has 0 fully saturated rings. The summed E-state index contributed by atoms with van der Waals surface area (Å²) in [7, 11) is 0. The Hall–Kier alpha value is -5.90. The largest absolute Gasteiger partial charge is 0.453 e. The van der Waals surface area contributed by atoms with Crippen LogP contribution in [0.4, 0.5) is 0 Å². The van der Waals surface area contributed by atoms with Crippen LogP contribution in [0.3, 0.4) is 0 Å². The van der Waals surface area contributed by atoms with Gasteiger partial charge in [-0.15, -0.1) is 0 Å². The first-order valence-corrected chi connectivity index (χ1v) is 18.7. The molecule has 0 aliphatic rings. The molecule has 0 N–H and O–H groups in total. The Labute approximate surface area is 328 Å². The van der Waals surface area contributed by atoms with E-state index < -0.39 is 36.4 Å². The van der Waals surface area contributed by atoms with E-state index in [1.54, 1.807) is 48.5 Å². The third kappa shape index (κ3) is 12.6. The average molecular weight is 751 g/mol. The minimum absolute atomic E-state index is 0.0532. The Morgan fingerprint density at radius 1 is 0.357 bits per heavy atom. The molecule has 286 valence electrons. The summed E-state index contributed by atoms with van der Waals surface area (Å²) in [6, 6.07) is 56.3. The van der Waals surface area contributed by atoms with Gasteiger partial charge in [0.15, 0.2) is 12.2 Å². The fraction of sp³-hybridized carbons (Fsp3) is 0.208. The maximum Gasteiger partial charge on any atom is 0.338 e. The molecule has 0 radical (unpaired) electrons.